The first-order valence-electron chi connectivity index (χ1n) is 7.49. The van der Waals surface area contributed by atoms with Gasteiger partial charge in [-0.3, -0.25) is 4.68 Å². The van der Waals surface area contributed by atoms with E-state index in [1.54, 1.807) is 17.4 Å². The van der Waals surface area contributed by atoms with Crippen LogP contribution in [-0.4, -0.2) is 24.7 Å². The average Bonchev–Trinajstić information content (AvgIpc) is 3.22. The molecule has 0 aliphatic rings. The molecule has 0 saturated carbocycles. The molecule has 0 aliphatic carbocycles. The average molecular weight is 382 g/mol. The molecule has 3 heterocycles. The fraction of sp³-hybridized carbons (Fsp3) is 0.312. The Morgan fingerprint density at radius 2 is 2.04 bits per heavy atom. The Hall–Kier alpha value is -1.48. The molecule has 0 aliphatic heterocycles. The number of aryl methyl sites for hydroxylation is 3. The lowest BCUT2D eigenvalue weighted by molar-refractivity contribution is 0.500. The summed E-state index contributed by atoms with van der Waals surface area (Å²) in [5, 5.41) is 6.53. The van der Waals surface area contributed by atoms with Gasteiger partial charge in [0.2, 0.25) is 10.0 Å². The van der Waals surface area contributed by atoms with Gasteiger partial charge >= 0.3 is 0 Å². The van der Waals surface area contributed by atoms with Crippen molar-refractivity contribution < 1.29 is 8.42 Å². The van der Waals surface area contributed by atoms with E-state index in [0.29, 0.717) is 4.21 Å². The van der Waals surface area contributed by atoms with Crippen LogP contribution in [0.3, 0.4) is 0 Å². The van der Waals surface area contributed by atoms with Crippen LogP contribution in [0.5, 0.6) is 0 Å². The summed E-state index contributed by atoms with van der Waals surface area (Å²) in [7, 11) is -3.51. The van der Waals surface area contributed by atoms with E-state index in [2.05, 4.69) is 9.82 Å². The van der Waals surface area contributed by atoms with Crippen molar-refractivity contribution >= 4 is 32.7 Å². The van der Waals surface area contributed by atoms with Gasteiger partial charge < -0.3 is 0 Å². The maximum atomic E-state index is 12.5. The third-order valence-electron chi connectivity index (χ3n) is 3.66. The van der Waals surface area contributed by atoms with Crippen LogP contribution in [0.4, 0.5) is 0 Å². The molecule has 3 rings (SSSR count). The molecule has 0 fully saturated rings. The van der Waals surface area contributed by atoms with Crippen LogP contribution in [0.2, 0.25) is 0 Å². The van der Waals surface area contributed by atoms with Crippen LogP contribution in [0.15, 0.2) is 39.9 Å². The molecule has 0 amide bonds. The van der Waals surface area contributed by atoms with Crippen molar-refractivity contribution in [3.63, 3.8) is 0 Å². The van der Waals surface area contributed by atoms with Crippen LogP contribution in [-0.2, 0) is 10.0 Å². The highest BCUT2D eigenvalue weighted by molar-refractivity contribution is 7.91. The van der Waals surface area contributed by atoms with Gasteiger partial charge in [-0.05, 0) is 50.4 Å². The highest BCUT2D eigenvalue weighted by atomic mass is 32.2. The van der Waals surface area contributed by atoms with Crippen LogP contribution >= 0.6 is 22.7 Å². The number of nitrogens with one attached hydrogen (secondary N) is 1. The fourth-order valence-corrected chi connectivity index (χ4v) is 5.74. The molecule has 0 bridgehead atoms. The summed E-state index contributed by atoms with van der Waals surface area (Å²) >= 11 is 2.88. The maximum Gasteiger partial charge on any atom is 0.250 e. The van der Waals surface area contributed by atoms with E-state index in [0.717, 1.165) is 21.1 Å². The molecular weight excluding hydrogens is 362 g/mol. The summed E-state index contributed by atoms with van der Waals surface area (Å²) in [5.41, 5.74) is 1.93. The van der Waals surface area contributed by atoms with Gasteiger partial charge in [-0.25, -0.2) is 13.1 Å². The quantitative estimate of drug-likeness (QED) is 0.711. The monoisotopic (exact) mass is 381 g/mol. The van der Waals surface area contributed by atoms with E-state index in [1.165, 1.54) is 11.3 Å². The summed E-state index contributed by atoms with van der Waals surface area (Å²) in [6, 6.07) is 9.28. The second-order valence-electron chi connectivity index (χ2n) is 5.62. The minimum Gasteiger partial charge on any atom is -0.260 e. The lowest BCUT2D eigenvalue weighted by Gasteiger charge is -2.18. The molecule has 5 nitrogen and oxygen atoms in total. The topological polar surface area (TPSA) is 64.0 Å². The Morgan fingerprint density at radius 1 is 1.25 bits per heavy atom. The van der Waals surface area contributed by atoms with E-state index in [9.17, 15) is 8.42 Å². The molecule has 0 saturated heterocycles. The van der Waals surface area contributed by atoms with E-state index in [-0.39, 0.29) is 12.6 Å². The molecule has 3 aromatic rings. The molecule has 1 atom stereocenters. The zero-order chi connectivity index (χ0) is 17.3. The second kappa shape index (κ2) is 6.79. The largest absolute Gasteiger partial charge is 0.260 e. The summed E-state index contributed by atoms with van der Waals surface area (Å²) in [4.78, 5) is 2.05. The number of thiophene rings is 2. The Balaban J connectivity index is 1.87. The van der Waals surface area contributed by atoms with Crippen LogP contribution in [0, 0.1) is 20.8 Å². The maximum absolute atomic E-state index is 12.5. The van der Waals surface area contributed by atoms with Gasteiger partial charge in [0, 0.05) is 22.0 Å². The zero-order valence-electron chi connectivity index (χ0n) is 13.7. The first-order valence-corrected chi connectivity index (χ1v) is 10.7. The molecule has 128 valence electrons. The van der Waals surface area contributed by atoms with Gasteiger partial charge in [0.05, 0.1) is 11.7 Å². The molecule has 1 N–H and O–H groups in total. The Labute approximate surface area is 150 Å². The van der Waals surface area contributed by atoms with E-state index < -0.39 is 10.0 Å². The number of hydrogen-bond acceptors (Lipinski definition) is 5. The van der Waals surface area contributed by atoms with Crippen molar-refractivity contribution in [1.29, 1.82) is 0 Å². The summed E-state index contributed by atoms with van der Waals surface area (Å²) in [5.74, 6) is 0. The molecular formula is C16H19N3O2S3. The highest BCUT2D eigenvalue weighted by Crippen LogP contribution is 2.26. The number of sulfonamides is 1. The molecule has 8 heteroatoms. The summed E-state index contributed by atoms with van der Waals surface area (Å²) in [6.45, 7) is 6.08. The van der Waals surface area contributed by atoms with Crippen molar-refractivity contribution in [2.24, 2.45) is 0 Å². The van der Waals surface area contributed by atoms with Gasteiger partial charge in [-0.1, -0.05) is 6.07 Å². The minimum atomic E-state index is -3.51. The number of aromatic nitrogens is 2. The first-order chi connectivity index (χ1) is 11.4. The van der Waals surface area contributed by atoms with Crippen molar-refractivity contribution in [3.8, 4) is 0 Å². The predicted octanol–water partition coefficient (Wildman–Crippen LogP) is 3.50. The van der Waals surface area contributed by atoms with Crippen molar-refractivity contribution in [2.45, 2.75) is 31.0 Å². The third kappa shape index (κ3) is 3.61. The third-order valence-corrected chi connectivity index (χ3v) is 7.55. The van der Waals surface area contributed by atoms with E-state index in [1.807, 2.05) is 55.1 Å². The first kappa shape index (κ1) is 17.3. The van der Waals surface area contributed by atoms with Gasteiger partial charge in [0.25, 0.3) is 0 Å². The lowest BCUT2D eigenvalue weighted by atomic mass is 10.2. The molecule has 0 aromatic carbocycles. The normalized spacial score (nSPS) is 13.3. The van der Waals surface area contributed by atoms with Gasteiger partial charge in [0.15, 0.2) is 0 Å². The van der Waals surface area contributed by atoms with Crippen molar-refractivity contribution in [1.82, 2.24) is 14.5 Å². The van der Waals surface area contributed by atoms with E-state index >= 15 is 0 Å². The Kier molecular flexibility index (Phi) is 4.91. The molecule has 0 spiro atoms. The smallest absolute Gasteiger partial charge is 0.250 e. The number of nitrogens with zero attached hydrogens (tertiary/aromatic N) is 2. The van der Waals surface area contributed by atoms with Crippen molar-refractivity contribution in [3.05, 3.63) is 56.9 Å². The van der Waals surface area contributed by atoms with Gasteiger partial charge in [-0.2, -0.15) is 5.10 Å². The fourth-order valence-electron chi connectivity index (χ4n) is 2.57. The minimum absolute atomic E-state index is 0.158. The number of hydrogen-bond donors (Lipinski definition) is 1. The van der Waals surface area contributed by atoms with E-state index in [4.69, 9.17) is 0 Å². The van der Waals surface area contributed by atoms with Crippen LogP contribution in [0.25, 0.3) is 0 Å². The predicted molar refractivity (Wildman–Crippen MR) is 98.4 cm³/mol. The zero-order valence-corrected chi connectivity index (χ0v) is 16.1. The van der Waals surface area contributed by atoms with Crippen LogP contribution in [0.1, 0.15) is 27.2 Å². The van der Waals surface area contributed by atoms with Gasteiger partial charge in [0.1, 0.15) is 4.21 Å². The SMILES string of the molecule is Cc1cc(C)n([C@@H](CNS(=O)(=O)c2ccc(C)s2)c2cccs2)n1. The highest BCUT2D eigenvalue weighted by Gasteiger charge is 2.23. The standard InChI is InChI=1S/C16H19N3O2S3/c1-11-9-12(2)19(18-11)14(15-5-4-8-22-15)10-17-24(20,21)16-7-6-13(3)23-16/h4-9,14,17H,10H2,1-3H3/t14-/m0/s1. The molecule has 3 aromatic heterocycles. The lowest BCUT2D eigenvalue weighted by Crippen LogP contribution is -2.31. The molecule has 0 unspecified atom stereocenters. The summed E-state index contributed by atoms with van der Waals surface area (Å²) < 4.78 is 30.0. The second-order valence-corrected chi connectivity index (χ2v) is 9.88. The molecule has 24 heavy (non-hydrogen) atoms. The Bertz CT molecular complexity index is 924. The number of rotatable bonds is 6. The van der Waals surface area contributed by atoms with Crippen molar-refractivity contribution in [2.75, 3.05) is 6.54 Å². The van der Waals surface area contributed by atoms with Gasteiger partial charge in [-0.15, -0.1) is 22.7 Å². The summed E-state index contributed by atoms with van der Waals surface area (Å²) in [6.07, 6.45) is 0. The van der Waals surface area contributed by atoms with Crippen LogP contribution < -0.4 is 4.72 Å². The molecule has 0 radical (unpaired) electrons. The Morgan fingerprint density at radius 3 is 2.58 bits per heavy atom.